The Morgan fingerprint density at radius 3 is 2.67 bits per heavy atom. The summed E-state index contributed by atoms with van der Waals surface area (Å²) in [6, 6.07) is 5.73. The number of hydrogen-bond acceptors (Lipinski definition) is 2. The van der Waals surface area contributed by atoms with Crippen molar-refractivity contribution in [3.63, 3.8) is 0 Å². The Hall–Kier alpha value is -0.730. The van der Waals surface area contributed by atoms with Crippen LogP contribution in [0.25, 0.3) is 0 Å². The van der Waals surface area contributed by atoms with Crippen molar-refractivity contribution in [1.82, 2.24) is 0 Å². The van der Waals surface area contributed by atoms with Gasteiger partial charge in [-0.3, -0.25) is 0 Å². The zero-order valence-electron chi connectivity index (χ0n) is 8.79. The van der Waals surface area contributed by atoms with Crippen molar-refractivity contribution in [3.05, 3.63) is 28.8 Å². The average molecular weight is 227 g/mol. The maximum Gasteiger partial charge on any atom is 0.141 e. The molecule has 1 aromatic rings. The van der Waals surface area contributed by atoms with E-state index in [9.17, 15) is 5.11 Å². The molecule has 0 aromatic heterocycles. The average Bonchev–Trinajstić information content (AvgIpc) is 2.17. The van der Waals surface area contributed by atoms with Gasteiger partial charge in [-0.1, -0.05) is 30.2 Å². The lowest BCUT2D eigenvalue weighted by molar-refractivity contribution is 0.117. The SMILES string of the molecule is COc1c(Cl)cccc1C1(CO)CCC1. The van der Waals surface area contributed by atoms with E-state index in [-0.39, 0.29) is 12.0 Å². The molecule has 2 rings (SSSR count). The number of benzene rings is 1. The predicted octanol–water partition coefficient (Wildman–Crippen LogP) is 2.76. The molecule has 0 heterocycles. The molecule has 1 N–H and O–H groups in total. The molecule has 0 saturated heterocycles. The van der Waals surface area contributed by atoms with Crippen LogP contribution in [0.5, 0.6) is 5.75 Å². The zero-order chi connectivity index (χ0) is 10.9. The smallest absolute Gasteiger partial charge is 0.141 e. The van der Waals surface area contributed by atoms with Gasteiger partial charge in [-0.05, 0) is 18.9 Å². The van der Waals surface area contributed by atoms with Gasteiger partial charge in [0.2, 0.25) is 0 Å². The molecule has 3 heteroatoms. The third-order valence-electron chi connectivity index (χ3n) is 3.36. The Kier molecular flexibility index (Phi) is 2.89. The molecular formula is C12H15ClO2. The van der Waals surface area contributed by atoms with E-state index < -0.39 is 0 Å². The van der Waals surface area contributed by atoms with Gasteiger partial charge in [-0.2, -0.15) is 0 Å². The van der Waals surface area contributed by atoms with Gasteiger partial charge in [0, 0.05) is 11.0 Å². The standard InChI is InChI=1S/C12H15ClO2/c1-15-11-9(4-2-5-10(11)13)12(8-14)6-3-7-12/h2,4-5,14H,3,6-8H2,1H3. The summed E-state index contributed by atoms with van der Waals surface area (Å²) in [6.45, 7) is 0.170. The molecule has 0 atom stereocenters. The van der Waals surface area contributed by atoms with Gasteiger partial charge in [-0.25, -0.2) is 0 Å². The third-order valence-corrected chi connectivity index (χ3v) is 3.65. The number of aliphatic hydroxyl groups excluding tert-OH is 1. The minimum Gasteiger partial charge on any atom is -0.495 e. The molecule has 82 valence electrons. The second kappa shape index (κ2) is 4.03. The summed E-state index contributed by atoms with van der Waals surface area (Å²) >= 11 is 6.07. The second-order valence-corrected chi connectivity index (χ2v) is 4.52. The Morgan fingerprint density at radius 1 is 1.47 bits per heavy atom. The highest BCUT2D eigenvalue weighted by atomic mass is 35.5. The summed E-state index contributed by atoms with van der Waals surface area (Å²) in [4.78, 5) is 0. The van der Waals surface area contributed by atoms with Crippen molar-refractivity contribution in [3.8, 4) is 5.75 Å². The molecule has 1 aliphatic carbocycles. The van der Waals surface area contributed by atoms with Gasteiger partial charge in [0.1, 0.15) is 5.75 Å². The fraction of sp³-hybridized carbons (Fsp3) is 0.500. The molecule has 1 aromatic carbocycles. The van der Waals surface area contributed by atoms with Crippen molar-refractivity contribution in [2.45, 2.75) is 24.7 Å². The molecule has 1 fully saturated rings. The molecule has 15 heavy (non-hydrogen) atoms. The van der Waals surface area contributed by atoms with Gasteiger partial charge >= 0.3 is 0 Å². The largest absolute Gasteiger partial charge is 0.495 e. The molecule has 0 spiro atoms. The van der Waals surface area contributed by atoms with Crippen molar-refractivity contribution >= 4 is 11.6 Å². The summed E-state index contributed by atoms with van der Waals surface area (Å²) < 4.78 is 5.32. The van der Waals surface area contributed by atoms with Crippen molar-refractivity contribution < 1.29 is 9.84 Å². The number of para-hydroxylation sites is 1. The van der Waals surface area contributed by atoms with E-state index in [1.54, 1.807) is 7.11 Å². The predicted molar refractivity (Wildman–Crippen MR) is 60.6 cm³/mol. The summed E-state index contributed by atoms with van der Waals surface area (Å²) in [7, 11) is 1.62. The quantitative estimate of drug-likeness (QED) is 0.859. The first-order valence-electron chi connectivity index (χ1n) is 5.17. The van der Waals surface area contributed by atoms with Crippen molar-refractivity contribution in [2.24, 2.45) is 0 Å². The third kappa shape index (κ3) is 1.62. The van der Waals surface area contributed by atoms with Gasteiger partial charge in [0.15, 0.2) is 0 Å². The van der Waals surface area contributed by atoms with Gasteiger partial charge < -0.3 is 9.84 Å². The zero-order valence-corrected chi connectivity index (χ0v) is 9.55. The summed E-state index contributed by atoms with van der Waals surface area (Å²) in [6.07, 6.45) is 3.19. The number of aliphatic hydroxyl groups is 1. The second-order valence-electron chi connectivity index (χ2n) is 4.11. The first kappa shape index (κ1) is 10.8. The van der Waals surface area contributed by atoms with E-state index in [4.69, 9.17) is 16.3 Å². The van der Waals surface area contributed by atoms with Crippen LogP contribution in [0.3, 0.4) is 0 Å². The Bertz CT molecular complexity index is 353. The molecule has 0 amide bonds. The van der Waals surface area contributed by atoms with Crippen LogP contribution in [0, 0.1) is 0 Å². The minimum atomic E-state index is -0.115. The normalized spacial score (nSPS) is 18.3. The van der Waals surface area contributed by atoms with Crippen LogP contribution < -0.4 is 4.74 Å². The Labute approximate surface area is 94.8 Å². The maximum atomic E-state index is 9.50. The van der Waals surface area contributed by atoms with Crippen LogP contribution in [0.2, 0.25) is 5.02 Å². The molecule has 0 aliphatic heterocycles. The van der Waals surface area contributed by atoms with E-state index in [0.717, 1.165) is 24.8 Å². The lowest BCUT2D eigenvalue weighted by Crippen LogP contribution is -2.38. The first-order valence-corrected chi connectivity index (χ1v) is 5.55. The van der Waals surface area contributed by atoms with Crippen LogP contribution in [-0.2, 0) is 5.41 Å². The number of methoxy groups -OCH3 is 1. The van der Waals surface area contributed by atoms with Crippen molar-refractivity contribution in [1.29, 1.82) is 0 Å². The lowest BCUT2D eigenvalue weighted by Gasteiger charge is -2.41. The van der Waals surface area contributed by atoms with Crippen LogP contribution >= 0.6 is 11.6 Å². The molecule has 0 bridgehead atoms. The van der Waals surface area contributed by atoms with Crippen molar-refractivity contribution in [2.75, 3.05) is 13.7 Å². The molecule has 2 nitrogen and oxygen atoms in total. The fourth-order valence-corrected chi connectivity index (χ4v) is 2.50. The monoisotopic (exact) mass is 226 g/mol. The topological polar surface area (TPSA) is 29.5 Å². The molecule has 0 radical (unpaired) electrons. The molecule has 1 aliphatic rings. The molecular weight excluding hydrogens is 212 g/mol. The van der Waals surface area contributed by atoms with Gasteiger partial charge in [-0.15, -0.1) is 0 Å². The van der Waals surface area contributed by atoms with Crippen LogP contribution in [-0.4, -0.2) is 18.8 Å². The number of rotatable bonds is 3. The maximum absolute atomic E-state index is 9.50. The van der Waals surface area contributed by atoms with Gasteiger partial charge in [0.25, 0.3) is 0 Å². The molecule has 0 unspecified atom stereocenters. The first-order chi connectivity index (χ1) is 7.23. The Balaban J connectivity index is 2.46. The van der Waals surface area contributed by atoms with Crippen LogP contribution in [0.1, 0.15) is 24.8 Å². The lowest BCUT2D eigenvalue weighted by atomic mass is 9.65. The summed E-state index contributed by atoms with van der Waals surface area (Å²) in [5.41, 5.74) is 0.933. The van der Waals surface area contributed by atoms with Gasteiger partial charge in [0.05, 0.1) is 18.7 Å². The summed E-state index contributed by atoms with van der Waals surface area (Å²) in [5.74, 6) is 0.716. The minimum absolute atomic E-state index is 0.115. The van der Waals surface area contributed by atoms with E-state index in [2.05, 4.69) is 0 Å². The summed E-state index contributed by atoms with van der Waals surface area (Å²) in [5, 5.41) is 10.1. The van der Waals surface area contributed by atoms with E-state index in [1.165, 1.54) is 0 Å². The number of hydrogen-bond donors (Lipinski definition) is 1. The fourth-order valence-electron chi connectivity index (χ4n) is 2.25. The Morgan fingerprint density at radius 2 is 2.20 bits per heavy atom. The van der Waals surface area contributed by atoms with Crippen LogP contribution in [0.4, 0.5) is 0 Å². The number of halogens is 1. The van der Waals surface area contributed by atoms with E-state index in [1.807, 2.05) is 18.2 Å². The highest BCUT2D eigenvalue weighted by molar-refractivity contribution is 6.32. The van der Waals surface area contributed by atoms with E-state index >= 15 is 0 Å². The molecule has 1 saturated carbocycles. The number of ether oxygens (including phenoxy) is 1. The van der Waals surface area contributed by atoms with E-state index in [0.29, 0.717) is 10.8 Å². The van der Waals surface area contributed by atoms with Crippen LogP contribution in [0.15, 0.2) is 18.2 Å². The highest BCUT2D eigenvalue weighted by Crippen LogP contribution is 2.48. The highest BCUT2D eigenvalue weighted by Gasteiger charge is 2.40.